The molecule has 3 aliphatic rings. The zero-order valence-corrected chi connectivity index (χ0v) is 17.8. The summed E-state index contributed by atoms with van der Waals surface area (Å²) in [6.07, 6.45) is 0.128. The highest BCUT2D eigenvalue weighted by Gasteiger charge is 2.73. The summed E-state index contributed by atoms with van der Waals surface area (Å²) in [6.45, 7) is 14.6. The summed E-state index contributed by atoms with van der Waals surface area (Å²) in [5.41, 5.74) is -3.44. The van der Waals surface area contributed by atoms with Crippen LogP contribution in [-0.2, 0) is 19.1 Å². The van der Waals surface area contributed by atoms with Gasteiger partial charge in [-0.05, 0) is 32.1 Å². The molecular weight excluding hydrogens is 360 g/mol. The van der Waals surface area contributed by atoms with Gasteiger partial charge in [0, 0.05) is 24.7 Å². The smallest absolute Gasteiger partial charge is 0.303 e. The molecule has 8 atom stereocenters. The molecule has 1 aliphatic heterocycles. The van der Waals surface area contributed by atoms with Crippen LogP contribution in [-0.4, -0.2) is 51.5 Å². The number of aliphatic hydroxyl groups excluding tert-OH is 2. The van der Waals surface area contributed by atoms with E-state index in [4.69, 9.17) is 9.47 Å². The van der Waals surface area contributed by atoms with Gasteiger partial charge in [0.15, 0.2) is 6.10 Å². The molecule has 28 heavy (non-hydrogen) atoms. The third-order valence-electron chi connectivity index (χ3n) is 7.73. The van der Waals surface area contributed by atoms with Crippen LogP contribution in [0, 0.1) is 22.7 Å². The fraction of sp³-hybridized carbons (Fsp3) is 0.818. The first-order valence-corrected chi connectivity index (χ1v) is 10.1. The fourth-order valence-corrected chi connectivity index (χ4v) is 6.77. The van der Waals surface area contributed by atoms with Crippen molar-refractivity contribution >= 4 is 11.8 Å². The molecule has 6 heteroatoms. The number of ether oxygens (including phenoxy) is 2. The monoisotopic (exact) mass is 394 g/mol. The van der Waals surface area contributed by atoms with Gasteiger partial charge in [0.05, 0.1) is 23.7 Å². The van der Waals surface area contributed by atoms with Crippen molar-refractivity contribution in [1.29, 1.82) is 0 Å². The molecule has 0 spiro atoms. The highest BCUT2D eigenvalue weighted by molar-refractivity contribution is 5.86. The summed E-state index contributed by atoms with van der Waals surface area (Å²) in [5.74, 6) is -1.72. The molecule has 6 nitrogen and oxygen atoms in total. The van der Waals surface area contributed by atoms with Gasteiger partial charge >= 0.3 is 5.97 Å². The molecule has 3 rings (SSSR count). The number of carbonyl (C=O) groups is 2. The van der Waals surface area contributed by atoms with Crippen molar-refractivity contribution in [3.8, 4) is 0 Å². The van der Waals surface area contributed by atoms with Gasteiger partial charge in [0.25, 0.3) is 0 Å². The number of fused-ring (bicyclic) bond motifs is 3. The third-order valence-corrected chi connectivity index (χ3v) is 7.73. The Labute approximate surface area is 167 Å². The minimum absolute atomic E-state index is 0.0514. The van der Waals surface area contributed by atoms with E-state index in [1.165, 1.54) is 6.92 Å². The zero-order chi connectivity index (χ0) is 21.3. The van der Waals surface area contributed by atoms with Gasteiger partial charge in [0.1, 0.15) is 11.4 Å². The van der Waals surface area contributed by atoms with E-state index in [0.717, 1.165) is 0 Å². The lowest BCUT2D eigenvalue weighted by atomic mass is 9.41. The Morgan fingerprint density at radius 3 is 2.39 bits per heavy atom. The van der Waals surface area contributed by atoms with Crippen molar-refractivity contribution in [2.75, 3.05) is 0 Å². The second kappa shape index (κ2) is 6.38. The molecule has 158 valence electrons. The van der Waals surface area contributed by atoms with Gasteiger partial charge < -0.3 is 19.7 Å². The maximum atomic E-state index is 13.5. The Bertz CT molecular complexity index is 701. The van der Waals surface area contributed by atoms with E-state index in [1.54, 1.807) is 19.9 Å². The molecule has 1 saturated heterocycles. The Morgan fingerprint density at radius 2 is 1.86 bits per heavy atom. The van der Waals surface area contributed by atoms with Crippen molar-refractivity contribution in [1.82, 2.24) is 0 Å². The van der Waals surface area contributed by atoms with E-state index in [9.17, 15) is 19.8 Å². The van der Waals surface area contributed by atoms with E-state index in [1.807, 2.05) is 20.8 Å². The van der Waals surface area contributed by atoms with Crippen molar-refractivity contribution in [3.05, 3.63) is 12.7 Å². The SMILES string of the molecule is C=C[C@@]1(C)CC(=O)[C@@H]2[C@@]3(C)[C@@H](O)CCC(C)(C)[C@@H]3[C@H](O)C(OC(C)=O)[C@@]2(C)O1. The summed E-state index contributed by atoms with van der Waals surface area (Å²) in [4.78, 5) is 25.4. The molecule has 1 heterocycles. The molecular formula is C22H34O6. The molecule has 2 saturated carbocycles. The number of rotatable bonds is 2. The van der Waals surface area contributed by atoms with Gasteiger partial charge in [-0.3, -0.25) is 9.59 Å². The average molecular weight is 395 g/mol. The minimum atomic E-state index is -1.27. The molecule has 1 unspecified atom stereocenters. The lowest BCUT2D eigenvalue weighted by Crippen LogP contribution is -2.77. The Hall–Kier alpha value is -1.24. The molecule has 0 bridgehead atoms. The van der Waals surface area contributed by atoms with Gasteiger partial charge in [-0.25, -0.2) is 0 Å². The molecule has 2 aliphatic carbocycles. The Kier molecular flexibility index (Phi) is 4.89. The predicted molar refractivity (Wildman–Crippen MR) is 103 cm³/mol. The molecule has 0 aromatic heterocycles. The number of carbonyl (C=O) groups excluding carboxylic acids is 2. The number of Topliss-reactive ketones (excluding diaryl/α,β-unsaturated/α-hetero) is 1. The maximum absolute atomic E-state index is 13.5. The lowest BCUT2D eigenvalue weighted by Gasteiger charge is -2.68. The maximum Gasteiger partial charge on any atom is 0.303 e. The van der Waals surface area contributed by atoms with Crippen LogP contribution in [0.3, 0.4) is 0 Å². The standard InChI is InChI=1S/C22H34O6/c1-8-20(5)11-13(24)16-21(6)14(25)9-10-19(3,4)17(21)15(26)18(27-12(2)23)22(16,7)28-20/h8,14-18,25-26H,1,9-11H2,2-7H3/t14-,15-,16+,17-,18?,20-,21+,22-/m0/s1. The van der Waals surface area contributed by atoms with Crippen molar-refractivity contribution in [2.24, 2.45) is 22.7 Å². The first-order chi connectivity index (χ1) is 12.7. The first-order valence-electron chi connectivity index (χ1n) is 10.1. The van der Waals surface area contributed by atoms with Crippen LogP contribution in [0.25, 0.3) is 0 Å². The Morgan fingerprint density at radius 1 is 1.25 bits per heavy atom. The van der Waals surface area contributed by atoms with Crippen LogP contribution < -0.4 is 0 Å². The number of esters is 1. The van der Waals surface area contributed by atoms with Crippen LogP contribution in [0.4, 0.5) is 0 Å². The van der Waals surface area contributed by atoms with E-state index in [-0.39, 0.29) is 17.6 Å². The summed E-state index contributed by atoms with van der Waals surface area (Å²) in [6, 6.07) is 0. The number of hydrogen-bond acceptors (Lipinski definition) is 6. The van der Waals surface area contributed by atoms with Crippen LogP contribution >= 0.6 is 0 Å². The molecule has 3 fully saturated rings. The van der Waals surface area contributed by atoms with E-state index >= 15 is 0 Å². The molecule has 2 N–H and O–H groups in total. The summed E-state index contributed by atoms with van der Waals surface area (Å²) in [5, 5.41) is 22.6. The average Bonchev–Trinajstić information content (AvgIpc) is 2.54. The molecule has 0 aromatic rings. The summed E-state index contributed by atoms with van der Waals surface area (Å²) < 4.78 is 12.0. The highest BCUT2D eigenvalue weighted by atomic mass is 16.6. The van der Waals surface area contributed by atoms with Gasteiger partial charge in [0.2, 0.25) is 0 Å². The lowest BCUT2D eigenvalue weighted by molar-refractivity contribution is -0.321. The number of ketones is 1. The second-order valence-corrected chi connectivity index (χ2v) is 10.3. The number of aliphatic hydroxyl groups is 2. The van der Waals surface area contributed by atoms with E-state index in [2.05, 4.69) is 6.58 Å². The van der Waals surface area contributed by atoms with Gasteiger partial charge in [-0.1, -0.05) is 26.8 Å². The predicted octanol–water partition coefficient (Wildman–Crippen LogP) is 2.41. The van der Waals surface area contributed by atoms with Crippen LogP contribution in [0.5, 0.6) is 0 Å². The molecule has 0 radical (unpaired) electrons. The van der Waals surface area contributed by atoms with Gasteiger partial charge in [-0.2, -0.15) is 0 Å². The minimum Gasteiger partial charge on any atom is -0.457 e. The van der Waals surface area contributed by atoms with E-state index < -0.39 is 52.7 Å². The van der Waals surface area contributed by atoms with Gasteiger partial charge in [-0.15, -0.1) is 6.58 Å². The van der Waals surface area contributed by atoms with Crippen molar-refractivity contribution < 1.29 is 29.3 Å². The second-order valence-electron chi connectivity index (χ2n) is 10.3. The Balaban J connectivity index is 2.24. The zero-order valence-electron chi connectivity index (χ0n) is 17.8. The van der Waals surface area contributed by atoms with Crippen LogP contribution in [0.1, 0.15) is 60.8 Å². The molecule has 0 amide bonds. The first kappa shape index (κ1) is 21.5. The highest BCUT2D eigenvalue weighted by Crippen LogP contribution is 2.65. The fourth-order valence-electron chi connectivity index (χ4n) is 6.77. The summed E-state index contributed by atoms with van der Waals surface area (Å²) in [7, 11) is 0. The van der Waals surface area contributed by atoms with Crippen LogP contribution in [0.2, 0.25) is 0 Å². The van der Waals surface area contributed by atoms with E-state index in [0.29, 0.717) is 12.8 Å². The topological polar surface area (TPSA) is 93.1 Å². The normalized spacial score (nSPS) is 50.3. The quantitative estimate of drug-likeness (QED) is 0.552. The largest absolute Gasteiger partial charge is 0.457 e. The third kappa shape index (κ3) is 2.79. The number of hydrogen-bond donors (Lipinski definition) is 2. The van der Waals surface area contributed by atoms with Crippen molar-refractivity contribution in [2.45, 2.75) is 90.3 Å². The van der Waals surface area contributed by atoms with Crippen LogP contribution in [0.15, 0.2) is 12.7 Å². The van der Waals surface area contributed by atoms with Crippen molar-refractivity contribution in [3.63, 3.8) is 0 Å². The molecule has 0 aromatic carbocycles. The summed E-state index contributed by atoms with van der Waals surface area (Å²) >= 11 is 0.